The van der Waals surface area contributed by atoms with Gasteiger partial charge in [0.1, 0.15) is 6.33 Å². The van der Waals surface area contributed by atoms with Crippen LogP contribution < -0.4 is 0 Å². The van der Waals surface area contributed by atoms with E-state index in [9.17, 15) is 0 Å². The van der Waals surface area contributed by atoms with Gasteiger partial charge in [0, 0.05) is 48.4 Å². The maximum absolute atomic E-state index is 4.79. The minimum Gasteiger partial charge on any atom is -0.299 e. The highest BCUT2D eigenvalue weighted by Crippen LogP contribution is 2.28. The molecule has 4 aromatic heterocycles. The Bertz CT molecular complexity index is 1060. The number of likely N-dealkylation sites (tertiary alicyclic amines) is 1. The lowest BCUT2D eigenvalue weighted by Gasteiger charge is -2.30. The van der Waals surface area contributed by atoms with Crippen LogP contribution in [0.15, 0.2) is 55.4 Å². The van der Waals surface area contributed by atoms with Crippen LogP contribution in [0.5, 0.6) is 0 Å². The fourth-order valence-corrected chi connectivity index (χ4v) is 3.75. The van der Waals surface area contributed by atoms with Crippen LogP contribution in [0.25, 0.3) is 16.9 Å². The molecule has 8 nitrogen and oxygen atoms in total. The zero-order valence-corrected chi connectivity index (χ0v) is 15.4. The molecule has 140 valence electrons. The third-order valence-electron chi connectivity index (χ3n) is 5.22. The highest BCUT2D eigenvalue weighted by Gasteiger charge is 2.25. The predicted molar refractivity (Wildman–Crippen MR) is 103 cm³/mol. The summed E-state index contributed by atoms with van der Waals surface area (Å²) in [7, 11) is 0. The van der Waals surface area contributed by atoms with Crippen LogP contribution in [0.3, 0.4) is 0 Å². The molecule has 5 heterocycles. The molecule has 28 heavy (non-hydrogen) atoms. The second-order valence-corrected chi connectivity index (χ2v) is 7.09. The number of rotatable bonds is 4. The van der Waals surface area contributed by atoms with Crippen molar-refractivity contribution in [3.63, 3.8) is 0 Å². The van der Waals surface area contributed by atoms with Gasteiger partial charge in [-0.3, -0.25) is 9.88 Å². The molecule has 0 bridgehead atoms. The summed E-state index contributed by atoms with van der Waals surface area (Å²) in [5, 5.41) is 13.6. The van der Waals surface area contributed by atoms with Crippen molar-refractivity contribution in [2.24, 2.45) is 0 Å². The highest BCUT2D eigenvalue weighted by molar-refractivity contribution is 5.58. The first-order chi connectivity index (χ1) is 13.9. The van der Waals surface area contributed by atoms with E-state index in [2.05, 4.69) is 30.0 Å². The van der Waals surface area contributed by atoms with Crippen molar-refractivity contribution in [1.82, 2.24) is 39.7 Å². The molecule has 1 aliphatic heterocycles. The van der Waals surface area contributed by atoms with Gasteiger partial charge < -0.3 is 0 Å². The van der Waals surface area contributed by atoms with Gasteiger partial charge in [0.15, 0.2) is 11.5 Å². The molecule has 0 amide bonds. The standard InChI is InChI=1S/C20H20N8/c1-2-17(12-21-7-1)18-3-4-19-24-25-20(28(19)26-18)16-5-8-27(9-6-16)13-15-10-22-14-23-11-15/h1-4,7,10-12,14,16H,5-6,8-9,13H2. The van der Waals surface area contributed by atoms with E-state index in [0.29, 0.717) is 5.92 Å². The Morgan fingerprint density at radius 2 is 1.79 bits per heavy atom. The van der Waals surface area contributed by atoms with E-state index in [4.69, 9.17) is 5.10 Å². The van der Waals surface area contributed by atoms with Crippen molar-refractivity contribution in [3.05, 3.63) is 66.8 Å². The molecule has 1 aliphatic rings. The molecule has 0 spiro atoms. The summed E-state index contributed by atoms with van der Waals surface area (Å²) in [5.74, 6) is 1.30. The largest absolute Gasteiger partial charge is 0.299 e. The number of fused-ring (bicyclic) bond motifs is 1. The van der Waals surface area contributed by atoms with E-state index >= 15 is 0 Å². The van der Waals surface area contributed by atoms with E-state index in [1.165, 1.54) is 0 Å². The lowest BCUT2D eigenvalue weighted by atomic mass is 9.96. The van der Waals surface area contributed by atoms with Gasteiger partial charge in [-0.05, 0) is 50.2 Å². The third-order valence-corrected chi connectivity index (χ3v) is 5.22. The minimum absolute atomic E-state index is 0.356. The summed E-state index contributed by atoms with van der Waals surface area (Å²) >= 11 is 0. The van der Waals surface area contributed by atoms with Crippen LogP contribution in [-0.4, -0.2) is 52.8 Å². The summed E-state index contributed by atoms with van der Waals surface area (Å²) < 4.78 is 1.90. The van der Waals surface area contributed by atoms with E-state index < -0.39 is 0 Å². The zero-order chi connectivity index (χ0) is 18.8. The second-order valence-electron chi connectivity index (χ2n) is 7.09. The summed E-state index contributed by atoms with van der Waals surface area (Å²) in [6, 6.07) is 7.87. The molecule has 4 aromatic rings. The number of hydrogen-bond acceptors (Lipinski definition) is 7. The van der Waals surface area contributed by atoms with Gasteiger partial charge in [-0.15, -0.1) is 10.2 Å². The summed E-state index contributed by atoms with van der Waals surface area (Å²) in [6.45, 7) is 2.91. The van der Waals surface area contributed by atoms with Gasteiger partial charge in [0.2, 0.25) is 0 Å². The lowest BCUT2D eigenvalue weighted by Crippen LogP contribution is -2.33. The molecule has 8 heteroatoms. The Morgan fingerprint density at radius 3 is 2.57 bits per heavy atom. The van der Waals surface area contributed by atoms with Gasteiger partial charge in [0.05, 0.1) is 5.69 Å². The molecule has 5 rings (SSSR count). The monoisotopic (exact) mass is 372 g/mol. The van der Waals surface area contributed by atoms with Crippen LogP contribution in [-0.2, 0) is 6.54 Å². The molecule has 0 aliphatic carbocycles. The fraction of sp³-hybridized carbons (Fsp3) is 0.300. The molecule has 0 aromatic carbocycles. The van der Waals surface area contributed by atoms with Crippen LogP contribution in [0.2, 0.25) is 0 Å². The highest BCUT2D eigenvalue weighted by atomic mass is 15.4. The van der Waals surface area contributed by atoms with Crippen molar-refractivity contribution in [1.29, 1.82) is 0 Å². The Kier molecular flexibility index (Phi) is 4.46. The Labute approximate surface area is 162 Å². The molecule has 0 N–H and O–H groups in total. The maximum Gasteiger partial charge on any atom is 0.177 e. The first kappa shape index (κ1) is 16.9. The van der Waals surface area contributed by atoms with Crippen molar-refractivity contribution < 1.29 is 0 Å². The molecule has 0 radical (unpaired) electrons. The Balaban J connectivity index is 1.34. The van der Waals surface area contributed by atoms with Crippen LogP contribution in [0, 0.1) is 0 Å². The van der Waals surface area contributed by atoms with E-state index in [1.807, 2.05) is 47.4 Å². The smallest absolute Gasteiger partial charge is 0.177 e. The van der Waals surface area contributed by atoms with Crippen LogP contribution in [0.4, 0.5) is 0 Å². The molecule has 1 saturated heterocycles. The van der Waals surface area contributed by atoms with E-state index in [-0.39, 0.29) is 0 Å². The van der Waals surface area contributed by atoms with Gasteiger partial charge in [-0.1, -0.05) is 0 Å². The number of aromatic nitrogens is 7. The van der Waals surface area contributed by atoms with Gasteiger partial charge in [-0.2, -0.15) is 9.61 Å². The molecule has 0 unspecified atom stereocenters. The molecular formula is C20H20N8. The fourth-order valence-electron chi connectivity index (χ4n) is 3.75. The van der Waals surface area contributed by atoms with Crippen molar-refractivity contribution in [3.8, 4) is 11.3 Å². The summed E-state index contributed by atoms with van der Waals surface area (Å²) in [5.41, 5.74) is 3.80. The Morgan fingerprint density at radius 1 is 0.929 bits per heavy atom. The van der Waals surface area contributed by atoms with Crippen LogP contribution in [0.1, 0.15) is 30.1 Å². The number of hydrogen-bond donors (Lipinski definition) is 0. The first-order valence-electron chi connectivity index (χ1n) is 9.46. The second kappa shape index (κ2) is 7.40. The summed E-state index contributed by atoms with van der Waals surface area (Å²) in [6.07, 6.45) is 11.0. The molecular weight excluding hydrogens is 352 g/mol. The number of nitrogens with zero attached hydrogens (tertiary/aromatic N) is 8. The molecule has 0 saturated carbocycles. The average Bonchev–Trinajstić information content (AvgIpc) is 3.19. The van der Waals surface area contributed by atoms with Gasteiger partial charge in [0.25, 0.3) is 0 Å². The van der Waals surface area contributed by atoms with Gasteiger partial charge in [-0.25, -0.2) is 9.97 Å². The van der Waals surface area contributed by atoms with Crippen molar-refractivity contribution in [2.45, 2.75) is 25.3 Å². The number of pyridine rings is 1. The SMILES string of the molecule is c1cncc(-c2ccc3nnc(C4CCN(Cc5cncnc5)CC4)n3n2)c1. The zero-order valence-electron chi connectivity index (χ0n) is 15.4. The van der Waals surface area contributed by atoms with Crippen LogP contribution >= 0.6 is 0 Å². The third kappa shape index (κ3) is 3.34. The predicted octanol–water partition coefficient (Wildman–Crippen LogP) is 2.36. The van der Waals surface area contributed by atoms with E-state index in [0.717, 1.165) is 60.8 Å². The van der Waals surface area contributed by atoms with E-state index in [1.54, 1.807) is 12.5 Å². The maximum atomic E-state index is 4.79. The van der Waals surface area contributed by atoms with Crippen molar-refractivity contribution >= 4 is 5.65 Å². The normalized spacial score (nSPS) is 15.9. The first-order valence-corrected chi connectivity index (χ1v) is 9.46. The topological polar surface area (TPSA) is 85.0 Å². The van der Waals surface area contributed by atoms with Crippen molar-refractivity contribution in [2.75, 3.05) is 13.1 Å². The minimum atomic E-state index is 0.356. The lowest BCUT2D eigenvalue weighted by molar-refractivity contribution is 0.200. The molecule has 1 fully saturated rings. The summed E-state index contributed by atoms with van der Waals surface area (Å²) in [4.78, 5) is 14.8. The Hall–Kier alpha value is -3.26. The average molecular weight is 372 g/mol. The van der Waals surface area contributed by atoms with Gasteiger partial charge >= 0.3 is 0 Å². The quantitative estimate of drug-likeness (QED) is 0.543. The number of piperidine rings is 1. The molecule has 0 atom stereocenters.